The third-order valence-electron chi connectivity index (χ3n) is 5.10. The zero-order chi connectivity index (χ0) is 24.6. The maximum absolute atomic E-state index is 13.1. The Bertz CT molecular complexity index is 1390. The van der Waals surface area contributed by atoms with Crippen LogP contribution in [0.4, 0.5) is 10.5 Å². The van der Waals surface area contributed by atoms with Crippen LogP contribution in [0.15, 0.2) is 58.5 Å². The predicted molar refractivity (Wildman–Crippen MR) is 126 cm³/mol. The minimum atomic E-state index is -0.947. The molecule has 3 aromatic rings. The molecule has 1 aliphatic rings. The number of rotatable bonds is 4. The number of urea groups is 1. The summed E-state index contributed by atoms with van der Waals surface area (Å²) >= 11 is 12.2. The molecule has 1 fully saturated rings. The van der Waals surface area contributed by atoms with Gasteiger partial charge in [-0.1, -0.05) is 35.3 Å². The molecule has 2 aromatic carbocycles. The van der Waals surface area contributed by atoms with Gasteiger partial charge >= 0.3 is 12.0 Å². The second-order valence-electron chi connectivity index (χ2n) is 7.25. The van der Waals surface area contributed by atoms with Crippen LogP contribution < -0.4 is 10.2 Å². The third kappa shape index (κ3) is 4.21. The molecule has 1 aromatic heterocycles. The largest absolute Gasteiger partial charge is 0.465 e. The summed E-state index contributed by atoms with van der Waals surface area (Å²) in [5.74, 6) is -1.55. The van der Waals surface area contributed by atoms with Crippen LogP contribution in [0.3, 0.4) is 0 Å². The SMILES string of the molecule is COC(=O)c1ccc(-c2ccc(/C=C3\C(=O)NC(=O)N(c4cccc(Cl)c4Cl)C3=O)o2)c(C)c1. The van der Waals surface area contributed by atoms with Crippen molar-refractivity contribution in [3.63, 3.8) is 0 Å². The van der Waals surface area contributed by atoms with Crippen molar-refractivity contribution < 1.29 is 28.3 Å². The Hall–Kier alpha value is -3.88. The van der Waals surface area contributed by atoms with Gasteiger partial charge in [0.05, 0.1) is 28.4 Å². The first kappa shape index (κ1) is 23.3. The average molecular weight is 499 g/mol. The van der Waals surface area contributed by atoms with Gasteiger partial charge in [-0.3, -0.25) is 14.9 Å². The van der Waals surface area contributed by atoms with Crippen molar-refractivity contribution in [3.05, 3.63) is 81.0 Å². The lowest BCUT2D eigenvalue weighted by molar-refractivity contribution is -0.122. The Kier molecular flexibility index (Phi) is 6.28. The molecule has 1 N–H and O–H groups in total. The second kappa shape index (κ2) is 9.17. The molecule has 4 amide bonds. The number of methoxy groups -OCH3 is 1. The maximum Gasteiger partial charge on any atom is 0.337 e. The van der Waals surface area contributed by atoms with E-state index in [2.05, 4.69) is 5.32 Å². The van der Waals surface area contributed by atoms with Gasteiger partial charge < -0.3 is 9.15 Å². The number of amides is 4. The van der Waals surface area contributed by atoms with Crippen LogP contribution >= 0.6 is 23.2 Å². The van der Waals surface area contributed by atoms with Gasteiger partial charge in [0.25, 0.3) is 11.8 Å². The molecular weight excluding hydrogens is 483 g/mol. The number of furan rings is 1. The summed E-state index contributed by atoms with van der Waals surface area (Å²) in [7, 11) is 1.30. The molecule has 172 valence electrons. The molecule has 0 spiro atoms. The van der Waals surface area contributed by atoms with Gasteiger partial charge in [0.1, 0.15) is 17.1 Å². The fraction of sp³-hybridized carbons (Fsp3) is 0.0833. The highest BCUT2D eigenvalue weighted by molar-refractivity contribution is 6.46. The van der Waals surface area contributed by atoms with Gasteiger partial charge in [-0.2, -0.15) is 0 Å². The van der Waals surface area contributed by atoms with E-state index in [1.54, 1.807) is 37.3 Å². The van der Waals surface area contributed by atoms with E-state index < -0.39 is 23.8 Å². The highest BCUT2D eigenvalue weighted by atomic mass is 35.5. The second-order valence-corrected chi connectivity index (χ2v) is 8.04. The van der Waals surface area contributed by atoms with E-state index in [-0.39, 0.29) is 27.1 Å². The highest BCUT2D eigenvalue weighted by Gasteiger charge is 2.38. The summed E-state index contributed by atoms with van der Waals surface area (Å²) in [5.41, 5.74) is 1.58. The number of carbonyl (C=O) groups excluding carboxylic acids is 4. The van der Waals surface area contributed by atoms with Gasteiger partial charge in [0.15, 0.2) is 0 Å². The van der Waals surface area contributed by atoms with Crippen molar-refractivity contribution in [3.8, 4) is 11.3 Å². The van der Waals surface area contributed by atoms with E-state index in [9.17, 15) is 19.2 Å². The Labute approximate surface area is 203 Å². The summed E-state index contributed by atoms with van der Waals surface area (Å²) in [6, 6.07) is 11.7. The number of barbiturate groups is 1. The lowest BCUT2D eigenvalue weighted by Gasteiger charge is -2.27. The first-order valence-electron chi connectivity index (χ1n) is 9.86. The number of halogens is 2. The van der Waals surface area contributed by atoms with Crippen molar-refractivity contribution in [1.29, 1.82) is 0 Å². The number of aryl methyl sites for hydroxylation is 1. The average Bonchev–Trinajstić information content (AvgIpc) is 3.27. The normalized spacial score (nSPS) is 15.0. The molecule has 0 atom stereocenters. The summed E-state index contributed by atoms with van der Waals surface area (Å²) in [5, 5.41) is 2.25. The van der Waals surface area contributed by atoms with Gasteiger partial charge in [-0.25, -0.2) is 14.5 Å². The molecule has 10 heteroatoms. The van der Waals surface area contributed by atoms with Gasteiger partial charge in [-0.05, 0) is 55.0 Å². The minimum absolute atomic E-state index is 0.00692. The number of anilines is 1. The van der Waals surface area contributed by atoms with Crippen LogP contribution in [-0.4, -0.2) is 30.9 Å². The molecule has 0 unspecified atom stereocenters. The Morgan fingerprint density at radius 2 is 1.85 bits per heavy atom. The lowest BCUT2D eigenvalue weighted by Crippen LogP contribution is -2.54. The predicted octanol–water partition coefficient (Wildman–Crippen LogP) is 5.01. The number of nitrogens with one attached hydrogen (secondary N) is 1. The summed E-state index contributed by atoms with van der Waals surface area (Å²) in [6.07, 6.45) is 1.23. The van der Waals surface area contributed by atoms with Crippen LogP contribution in [-0.2, 0) is 14.3 Å². The number of hydrogen-bond acceptors (Lipinski definition) is 6. The number of imide groups is 2. The maximum atomic E-state index is 13.1. The lowest BCUT2D eigenvalue weighted by atomic mass is 10.0. The molecule has 1 saturated heterocycles. The van der Waals surface area contributed by atoms with Gasteiger partial charge in [-0.15, -0.1) is 0 Å². The van der Waals surface area contributed by atoms with E-state index in [4.69, 9.17) is 32.4 Å². The highest BCUT2D eigenvalue weighted by Crippen LogP contribution is 2.34. The van der Waals surface area contributed by atoms with Crippen molar-refractivity contribution >= 4 is 58.8 Å². The van der Waals surface area contributed by atoms with E-state index in [1.165, 1.54) is 31.4 Å². The van der Waals surface area contributed by atoms with Crippen molar-refractivity contribution in [2.75, 3.05) is 12.0 Å². The van der Waals surface area contributed by atoms with E-state index in [0.29, 0.717) is 16.9 Å². The number of nitrogens with zero attached hydrogens (tertiary/aromatic N) is 1. The number of benzene rings is 2. The Morgan fingerprint density at radius 3 is 2.56 bits per heavy atom. The number of carbonyl (C=O) groups is 4. The molecular formula is C24H16Cl2N2O6. The van der Waals surface area contributed by atoms with Crippen LogP contribution in [0.1, 0.15) is 21.7 Å². The molecule has 34 heavy (non-hydrogen) atoms. The standard InChI is InChI=1S/C24H16Cl2N2O6/c1-12-10-13(23(31)33-2)6-8-15(12)19-9-7-14(34-19)11-16-21(29)27-24(32)28(22(16)30)18-5-3-4-17(25)20(18)26/h3-11H,1-2H3,(H,27,29,32)/b16-11+. The Balaban J connectivity index is 1.67. The molecule has 4 rings (SSSR count). The zero-order valence-electron chi connectivity index (χ0n) is 17.8. The minimum Gasteiger partial charge on any atom is -0.465 e. The molecule has 0 aliphatic carbocycles. The van der Waals surface area contributed by atoms with E-state index in [0.717, 1.165) is 10.5 Å². The van der Waals surface area contributed by atoms with Crippen LogP contribution in [0.25, 0.3) is 17.4 Å². The molecule has 0 radical (unpaired) electrons. The summed E-state index contributed by atoms with van der Waals surface area (Å²) in [4.78, 5) is 50.3. The molecule has 0 saturated carbocycles. The molecule has 1 aliphatic heterocycles. The smallest absolute Gasteiger partial charge is 0.337 e. The number of ether oxygens (including phenoxy) is 1. The quantitative estimate of drug-likeness (QED) is 0.307. The fourth-order valence-electron chi connectivity index (χ4n) is 3.44. The Morgan fingerprint density at radius 1 is 1.09 bits per heavy atom. The van der Waals surface area contributed by atoms with Crippen LogP contribution in [0.5, 0.6) is 0 Å². The van der Waals surface area contributed by atoms with Crippen LogP contribution in [0, 0.1) is 6.92 Å². The summed E-state index contributed by atoms with van der Waals surface area (Å²) in [6.45, 7) is 1.80. The monoisotopic (exact) mass is 498 g/mol. The summed E-state index contributed by atoms with van der Waals surface area (Å²) < 4.78 is 10.5. The topological polar surface area (TPSA) is 106 Å². The van der Waals surface area contributed by atoms with Crippen molar-refractivity contribution in [1.82, 2.24) is 5.32 Å². The fourth-order valence-corrected chi connectivity index (χ4v) is 3.82. The molecule has 2 heterocycles. The van der Waals surface area contributed by atoms with Gasteiger partial charge in [0, 0.05) is 5.56 Å². The van der Waals surface area contributed by atoms with Gasteiger partial charge in [0.2, 0.25) is 0 Å². The first-order valence-corrected chi connectivity index (χ1v) is 10.6. The van der Waals surface area contributed by atoms with Crippen molar-refractivity contribution in [2.24, 2.45) is 0 Å². The van der Waals surface area contributed by atoms with E-state index >= 15 is 0 Å². The first-order chi connectivity index (χ1) is 16.2. The van der Waals surface area contributed by atoms with Crippen molar-refractivity contribution in [2.45, 2.75) is 6.92 Å². The number of esters is 1. The zero-order valence-corrected chi connectivity index (χ0v) is 19.4. The third-order valence-corrected chi connectivity index (χ3v) is 5.91. The van der Waals surface area contributed by atoms with E-state index in [1.807, 2.05) is 0 Å². The molecule has 0 bridgehead atoms. The van der Waals surface area contributed by atoms with Crippen LogP contribution in [0.2, 0.25) is 10.0 Å². The molecule has 8 nitrogen and oxygen atoms in total. The number of hydrogen-bond donors (Lipinski definition) is 1.